The molecule has 0 radical (unpaired) electrons. The van der Waals surface area contributed by atoms with E-state index in [1.165, 1.54) is 6.07 Å². The first-order valence-corrected chi connectivity index (χ1v) is 9.22. The van der Waals surface area contributed by atoms with Crippen molar-refractivity contribution in [3.8, 4) is 28.6 Å². The number of aryl methyl sites for hydroxylation is 1. The first kappa shape index (κ1) is 16.9. The van der Waals surface area contributed by atoms with Crippen molar-refractivity contribution in [3.63, 3.8) is 0 Å². The molecule has 1 aromatic carbocycles. The van der Waals surface area contributed by atoms with Crippen LogP contribution >= 0.6 is 0 Å². The summed E-state index contributed by atoms with van der Waals surface area (Å²) < 4.78 is 22.3. The van der Waals surface area contributed by atoms with Crippen molar-refractivity contribution in [1.82, 2.24) is 19.7 Å². The fourth-order valence-corrected chi connectivity index (χ4v) is 3.90. The maximum atomic E-state index is 14.3. The number of rotatable bonds is 2. The number of nitrogens with zero attached hydrogens (tertiary/aromatic N) is 4. The van der Waals surface area contributed by atoms with Crippen LogP contribution in [0.5, 0.6) is 0 Å². The average molecular weight is 374 g/mol. The van der Waals surface area contributed by atoms with Gasteiger partial charge in [-0.25, -0.2) is 19.0 Å². The van der Waals surface area contributed by atoms with Gasteiger partial charge in [0.1, 0.15) is 5.82 Å². The number of halogens is 1. The lowest BCUT2D eigenvalue weighted by Gasteiger charge is -2.28. The van der Waals surface area contributed by atoms with Crippen molar-refractivity contribution in [1.29, 1.82) is 0 Å². The molecule has 0 N–H and O–H groups in total. The molecule has 140 valence electrons. The predicted octanol–water partition coefficient (Wildman–Crippen LogP) is 4.87. The van der Waals surface area contributed by atoms with Crippen LogP contribution in [-0.2, 0) is 11.8 Å². The zero-order valence-electron chi connectivity index (χ0n) is 15.9. The number of oxazole rings is 1. The van der Waals surface area contributed by atoms with Crippen LogP contribution in [0.4, 0.5) is 4.39 Å². The molecule has 0 aliphatic heterocycles. The smallest absolute Gasteiger partial charge is 0.230 e. The van der Waals surface area contributed by atoms with E-state index >= 15 is 0 Å². The zero-order chi connectivity index (χ0) is 19.5. The third-order valence-corrected chi connectivity index (χ3v) is 5.23. The molecule has 28 heavy (non-hydrogen) atoms. The quantitative estimate of drug-likeness (QED) is 0.502. The summed E-state index contributed by atoms with van der Waals surface area (Å²) in [7, 11) is 0. The maximum absolute atomic E-state index is 14.3. The Morgan fingerprint density at radius 3 is 2.64 bits per heavy atom. The number of hydrogen-bond acceptors (Lipinski definition) is 4. The van der Waals surface area contributed by atoms with Gasteiger partial charge >= 0.3 is 0 Å². The molecule has 0 unspecified atom stereocenters. The molecule has 6 heteroatoms. The first-order valence-electron chi connectivity index (χ1n) is 9.22. The van der Waals surface area contributed by atoms with E-state index in [0.717, 1.165) is 34.9 Å². The monoisotopic (exact) mass is 374 g/mol. The van der Waals surface area contributed by atoms with Crippen LogP contribution in [0.2, 0.25) is 0 Å². The van der Waals surface area contributed by atoms with Crippen LogP contribution in [0, 0.1) is 12.7 Å². The molecular weight excluding hydrogens is 355 g/mol. The summed E-state index contributed by atoms with van der Waals surface area (Å²) in [5, 5.41) is 4.72. The highest BCUT2D eigenvalue weighted by Gasteiger charge is 2.40. The molecule has 0 amide bonds. The first-order chi connectivity index (χ1) is 13.5. The molecule has 3 heterocycles. The summed E-state index contributed by atoms with van der Waals surface area (Å²) in [6, 6.07) is 12.3. The van der Waals surface area contributed by atoms with Crippen molar-refractivity contribution in [2.24, 2.45) is 0 Å². The molecule has 1 aliphatic carbocycles. The second-order valence-electron chi connectivity index (χ2n) is 7.74. The summed E-state index contributed by atoms with van der Waals surface area (Å²) >= 11 is 0. The Balaban J connectivity index is 1.75. The predicted molar refractivity (Wildman–Crippen MR) is 104 cm³/mol. The van der Waals surface area contributed by atoms with Gasteiger partial charge in [0.2, 0.25) is 5.89 Å². The fraction of sp³-hybridized carbons (Fsp3) is 0.227. The van der Waals surface area contributed by atoms with Crippen LogP contribution in [0.15, 0.2) is 53.1 Å². The van der Waals surface area contributed by atoms with Gasteiger partial charge in [0, 0.05) is 18.0 Å². The van der Waals surface area contributed by atoms with Crippen molar-refractivity contribution in [2.45, 2.75) is 32.6 Å². The Hall–Kier alpha value is -3.28. The van der Waals surface area contributed by atoms with E-state index in [2.05, 4.69) is 18.8 Å². The van der Waals surface area contributed by atoms with Crippen LogP contribution in [0.25, 0.3) is 28.6 Å². The lowest BCUT2D eigenvalue weighted by Crippen LogP contribution is -2.27. The van der Waals surface area contributed by atoms with E-state index in [1.807, 2.05) is 29.8 Å². The molecule has 0 saturated carbocycles. The highest BCUT2D eigenvalue weighted by molar-refractivity contribution is 5.73. The second-order valence-corrected chi connectivity index (χ2v) is 7.74. The van der Waals surface area contributed by atoms with Crippen molar-refractivity contribution < 1.29 is 8.81 Å². The van der Waals surface area contributed by atoms with Gasteiger partial charge in [-0.2, -0.15) is 5.10 Å². The Morgan fingerprint density at radius 2 is 1.89 bits per heavy atom. The van der Waals surface area contributed by atoms with Crippen molar-refractivity contribution in [2.75, 3.05) is 0 Å². The highest BCUT2D eigenvalue weighted by Crippen LogP contribution is 2.46. The molecule has 4 aromatic rings. The van der Waals surface area contributed by atoms with Gasteiger partial charge in [-0.15, -0.1) is 0 Å². The molecule has 5 nitrogen and oxygen atoms in total. The molecule has 5 rings (SSSR count). The molecule has 0 spiro atoms. The molecule has 1 aliphatic rings. The minimum atomic E-state index is -0.347. The summed E-state index contributed by atoms with van der Waals surface area (Å²) in [5.41, 5.74) is 3.72. The fourth-order valence-electron chi connectivity index (χ4n) is 3.90. The topological polar surface area (TPSA) is 56.7 Å². The number of fused-ring (bicyclic) bond motifs is 3. The van der Waals surface area contributed by atoms with Crippen LogP contribution in [0.3, 0.4) is 0 Å². The maximum Gasteiger partial charge on any atom is 0.230 e. The lowest BCUT2D eigenvalue weighted by atomic mass is 9.77. The van der Waals surface area contributed by atoms with Crippen molar-refractivity contribution in [3.05, 3.63) is 71.6 Å². The van der Waals surface area contributed by atoms with E-state index in [-0.39, 0.29) is 11.2 Å². The molecule has 0 bridgehead atoms. The molecule has 0 atom stereocenters. The van der Waals surface area contributed by atoms with Gasteiger partial charge in [0.15, 0.2) is 11.6 Å². The average Bonchev–Trinajstić information content (AvgIpc) is 3.25. The van der Waals surface area contributed by atoms with E-state index in [9.17, 15) is 4.39 Å². The lowest BCUT2D eigenvalue weighted by molar-refractivity contribution is 0.478. The summed E-state index contributed by atoms with van der Waals surface area (Å²) in [4.78, 5) is 9.14. The molecular formula is C22H19FN4O. The van der Waals surface area contributed by atoms with E-state index in [0.29, 0.717) is 17.2 Å². The third kappa shape index (κ3) is 2.41. The number of aromatic nitrogens is 4. The molecule has 0 saturated heterocycles. The zero-order valence-corrected chi connectivity index (χ0v) is 15.9. The Kier molecular flexibility index (Phi) is 3.53. The van der Waals surface area contributed by atoms with Gasteiger partial charge < -0.3 is 4.42 Å². The normalized spacial score (nSPS) is 14.6. The molecule has 3 aromatic heterocycles. The van der Waals surface area contributed by atoms with E-state index in [4.69, 9.17) is 14.5 Å². The standard InChI is InChI=1S/C22H19FN4O/c1-13-18-16(27(26-13)17-10-6-7-11-24-17)12-22(2,3)20-19(18)28-21(25-20)14-8-4-5-9-15(14)23/h4-11H,12H2,1-3H3. The van der Waals surface area contributed by atoms with E-state index in [1.54, 1.807) is 24.4 Å². The number of benzene rings is 1. The largest absolute Gasteiger partial charge is 0.436 e. The number of hydrogen-bond donors (Lipinski definition) is 0. The van der Waals surface area contributed by atoms with Gasteiger partial charge in [-0.3, -0.25) is 0 Å². The van der Waals surface area contributed by atoms with Crippen molar-refractivity contribution >= 4 is 0 Å². The number of pyridine rings is 1. The summed E-state index contributed by atoms with van der Waals surface area (Å²) in [6.07, 6.45) is 2.48. The Morgan fingerprint density at radius 1 is 1.11 bits per heavy atom. The summed E-state index contributed by atoms with van der Waals surface area (Å²) in [5.74, 6) is 1.39. The van der Waals surface area contributed by atoms with Gasteiger partial charge in [-0.05, 0) is 31.2 Å². The van der Waals surface area contributed by atoms with Crippen LogP contribution in [-0.4, -0.2) is 19.7 Å². The van der Waals surface area contributed by atoms with Crippen LogP contribution < -0.4 is 0 Å². The highest BCUT2D eigenvalue weighted by atomic mass is 19.1. The summed E-state index contributed by atoms with van der Waals surface area (Å²) in [6.45, 7) is 6.19. The Labute approximate surface area is 161 Å². The molecule has 0 fully saturated rings. The SMILES string of the molecule is Cc1nn(-c2ccccn2)c2c1-c1oc(-c3ccccc3F)nc1C(C)(C)C2. The minimum Gasteiger partial charge on any atom is -0.436 e. The second kappa shape index (κ2) is 5.86. The van der Waals surface area contributed by atoms with E-state index < -0.39 is 0 Å². The minimum absolute atomic E-state index is 0.283. The van der Waals surface area contributed by atoms with Gasteiger partial charge in [0.25, 0.3) is 0 Å². The van der Waals surface area contributed by atoms with Gasteiger partial charge in [-0.1, -0.05) is 32.0 Å². The Bertz CT molecular complexity index is 1190. The third-order valence-electron chi connectivity index (χ3n) is 5.23. The van der Waals surface area contributed by atoms with Crippen LogP contribution in [0.1, 0.15) is 30.9 Å². The van der Waals surface area contributed by atoms with Gasteiger partial charge in [0.05, 0.1) is 28.2 Å².